The van der Waals surface area contributed by atoms with E-state index >= 15 is 0 Å². The van der Waals surface area contributed by atoms with E-state index in [1.807, 2.05) is 76.7 Å². The Morgan fingerprint density at radius 1 is 0.783 bits per heavy atom. The van der Waals surface area contributed by atoms with E-state index in [2.05, 4.69) is 28.3 Å². The fraction of sp³-hybridized carbons (Fsp3) is 0.471. The van der Waals surface area contributed by atoms with Crippen LogP contribution in [-0.4, -0.2) is 29.3 Å². The summed E-state index contributed by atoms with van der Waals surface area (Å²) < 4.78 is 5.48. The fourth-order valence-corrected chi connectivity index (χ4v) is 1.99. The molecule has 0 N–H and O–H groups in total. The van der Waals surface area contributed by atoms with Crippen molar-refractivity contribution in [3.63, 3.8) is 0 Å². The predicted molar refractivity (Wildman–Crippen MR) is 93.3 cm³/mol. The molecular formula is C17H28N6. The summed E-state index contributed by atoms with van der Waals surface area (Å²) in [6, 6.07) is 4.03. The van der Waals surface area contributed by atoms with Crippen LogP contribution in [0.1, 0.15) is 28.3 Å². The third-order valence-corrected chi connectivity index (χ3v) is 3.34. The normalized spacial score (nSPS) is 9.74. The van der Waals surface area contributed by atoms with Gasteiger partial charge in [0.15, 0.2) is 0 Å². The molecule has 0 aliphatic rings. The molecule has 0 aliphatic carbocycles. The van der Waals surface area contributed by atoms with E-state index in [-0.39, 0.29) is 0 Å². The first-order valence-electron chi connectivity index (χ1n) is 7.59. The Morgan fingerprint density at radius 2 is 1.43 bits per heavy atom. The Labute approximate surface area is 138 Å². The van der Waals surface area contributed by atoms with Gasteiger partial charge in [-0.1, -0.05) is 0 Å². The van der Waals surface area contributed by atoms with Crippen LogP contribution in [0.4, 0.5) is 0 Å². The molecule has 0 saturated heterocycles. The minimum absolute atomic E-state index is 1.07. The Morgan fingerprint density at radius 3 is 1.57 bits per heavy atom. The molecule has 0 unspecified atom stereocenters. The van der Waals surface area contributed by atoms with Crippen LogP contribution in [0.5, 0.6) is 0 Å². The van der Waals surface area contributed by atoms with E-state index in [0.717, 1.165) is 17.1 Å². The number of hydrogen-bond donors (Lipinski definition) is 0. The fourth-order valence-electron chi connectivity index (χ4n) is 1.99. The van der Waals surface area contributed by atoms with E-state index in [1.165, 1.54) is 11.3 Å². The smallest absolute Gasteiger partial charge is 0.0622 e. The standard InChI is InChI=1S/2C6H10N2.C5H8N2/c1-5-4-8(3)7-6(5)2;1-5-4-6(2)8(3)7-5;1-5-3-4-7(2)6-5/h2*4H,1-3H3;3-4H,1-2H3. The molecule has 0 saturated carbocycles. The second-order valence-corrected chi connectivity index (χ2v) is 5.75. The third-order valence-electron chi connectivity index (χ3n) is 3.34. The summed E-state index contributed by atoms with van der Waals surface area (Å²) in [4.78, 5) is 0. The first kappa shape index (κ1) is 18.7. The zero-order valence-corrected chi connectivity index (χ0v) is 15.5. The van der Waals surface area contributed by atoms with Crippen molar-refractivity contribution in [1.29, 1.82) is 0 Å². The van der Waals surface area contributed by atoms with Crippen LogP contribution < -0.4 is 0 Å². The van der Waals surface area contributed by atoms with Gasteiger partial charge >= 0.3 is 0 Å². The van der Waals surface area contributed by atoms with Gasteiger partial charge in [0.1, 0.15) is 0 Å². The van der Waals surface area contributed by atoms with Gasteiger partial charge in [-0.2, -0.15) is 15.3 Å². The molecule has 6 nitrogen and oxygen atoms in total. The van der Waals surface area contributed by atoms with Gasteiger partial charge in [-0.3, -0.25) is 14.0 Å². The highest BCUT2D eigenvalue weighted by Crippen LogP contribution is 1.99. The Hall–Kier alpha value is -2.37. The molecule has 126 valence electrons. The molecular weight excluding hydrogens is 288 g/mol. The predicted octanol–water partition coefficient (Wildman–Crippen LogP) is 2.80. The zero-order valence-electron chi connectivity index (χ0n) is 15.5. The summed E-state index contributed by atoms with van der Waals surface area (Å²) in [7, 11) is 5.79. The molecule has 0 atom stereocenters. The van der Waals surface area contributed by atoms with Crippen LogP contribution >= 0.6 is 0 Å². The summed E-state index contributed by atoms with van der Waals surface area (Å²) in [5.74, 6) is 0. The van der Waals surface area contributed by atoms with Gasteiger partial charge in [-0.15, -0.1) is 0 Å². The van der Waals surface area contributed by atoms with Crippen molar-refractivity contribution in [2.45, 2.75) is 34.6 Å². The summed E-state index contributed by atoms with van der Waals surface area (Å²) >= 11 is 0. The van der Waals surface area contributed by atoms with E-state index in [1.54, 1.807) is 4.68 Å². The average Bonchev–Trinajstić information content (AvgIpc) is 3.04. The van der Waals surface area contributed by atoms with Crippen molar-refractivity contribution in [1.82, 2.24) is 29.3 Å². The third kappa shape index (κ3) is 6.50. The lowest BCUT2D eigenvalue weighted by Gasteiger charge is -1.87. The van der Waals surface area contributed by atoms with Gasteiger partial charge in [-0.25, -0.2) is 0 Å². The van der Waals surface area contributed by atoms with Crippen molar-refractivity contribution in [2.75, 3.05) is 0 Å². The molecule has 3 heterocycles. The summed E-state index contributed by atoms with van der Waals surface area (Å²) in [6.07, 6.45) is 3.94. The number of aromatic nitrogens is 6. The van der Waals surface area contributed by atoms with Crippen LogP contribution in [0.25, 0.3) is 0 Å². The number of nitrogens with zero attached hydrogens (tertiary/aromatic N) is 6. The SMILES string of the molecule is Cc1cc(C)n(C)n1.Cc1ccn(C)n1.Cc1cn(C)nc1C. The molecule has 0 radical (unpaired) electrons. The van der Waals surface area contributed by atoms with Crippen LogP contribution in [0.2, 0.25) is 0 Å². The number of rotatable bonds is 0. The molecule has 23 heavy (non-hydrogen) atoms. The molecule has 6 heteroatoms. The molecule has 3 aromatic rings. The lowest BCUT2D eigenvalue weighted by atomic mass is 10.3. The highest BCUT2D eigenvalue weighted by atomic mass is 15.3. The maximum atomic E-state index is 4.13. The van der Waals surface area contributed by atoms with Crippen molar-refractivity contribution < 1.29 is 0 Å². The van der Waals surface area contributed by atoms with E-state index in [9.17, 15) is 0 Å². The Bertz CT molecular complexity index is 632. The minimum Gasteiger partial charge on any atom is -0.276 e. The number of hydrogen-bond acceptors (Lipinski definition) is 3. The van der Waals surface area contributed by atoms with Gasteiger partial charge in [-0.05, 0) is 52.3 Å². The van der Waals surface area contributed by atoms with E-state index in [0.29, 0.717) is 0 Å². The van der Waals surface area contributed by atoms with Crippen molar-refractivity contribution in [2.24, 2.45) is 21.1 Å². The zero-order chi connectivity index (χ0) is 17.6. The van der Waals surface area contributed by atoms with Crippen LogP contribution in [0.15, 0.2) is 24.5 Å². The minimum atomic E-state index is 1.07. The quantitative estimate of drug-likeness (QED) is 0.641. The largest absolute Gasteiger partial charge is 0.276 e. The molecule has 0 fully saturated rings. The van der Waals surface area contributed by atoms with Crippen molar-refractivity contribution >= 4 is 0 Å². The molecule has 0 aliphatic heterocycles. The molecule has 0 amide bonds. The van der Waals surface area contributed by atoms with Crippen molar-refractivity contribution in [3.8, 4) is 0 Å². The maximum absolute atomic E-state index is 4.13. The van der Waals surface area contributed by atoms with Crippen LogP contribution in [0, 0.1) is 34.6 Å². The molecule has 0 spiro atoms. The molecule has 3 rings (SSSR count). The summed E-state index contributed by atoms with van der Waals surface area (Å²) in [6.45, 7) is 10.1. The number of aryl methyl sites for hydroxylation is 8. The van der Waals surface area contributed by atoms with Crippen molar-refractivity contribution in [3.05, 3.63) is 52.9 Å². The topological polar surface area (TPSA) is 53.5 Å². The van der Waals surface area contributed by atoms with Crippen LogP contribution in [-0.2, 0) is 21.1 Å². The molecule has 3 aromatic heterocycles. The van der Waals surface area contributed by atoms with Gasteiger partial charge in [0.25, 0.3) is 0 Å². The summed E-state index contributed by atoms with van der Waals surface area (Å²) in [5, 5.41) is 12.3. The van der Waals surface area contributed by atoms with E-state index in [4.69, 9.17) is 0 Å². The second kappa shape index (κ2) is 8.31. The monoisotopic (exact) mass is 316 g/mol. The highest BCUT2D eigenvalue weighted by Gasteiger charge is 1.93. The molecule has 0 bridgehead atoms. The average molecular weight is 316 g/mol. The Balaban J connectivity index is 0.000000173. The van der Waals surface area contributed by atoms with Crippen LogP contribution in [0.3, 0.4) is 0 Å². The Kier molecular flexibility index (Phi) is 6.75. The van der Waals surface area contributed by atoms with Gasteiger partial charge in [0.05, 0.1) is 17.1 Å². The lowest BCUT2D eigenvalue weighted by molar-refractivity contribution is 0.731. The van der Waals surface area contributed by atoms with E-state index < -0.39 is 0 Å². The highest BCUT2D eigenvalue weighted by molar-refractivity contribution is 5.11. The maximum Gasteiger partial charge on any atom is 0.0622 e. The molecule has 0 aromatic carbocycles. The first-order chi connectivity index (χ1) is 10.7. The van der Waals surface area contributed by atoms with Gasteiger partial charge in [0, 0.05) is 39.2 Å². The first-order valence-corrected chi connectivity index (χ1v) is 7.59. The summed E-state index contributed by atoms with van der Waals surface area (Å²) in [5.41, 5.74) is 5.75. The van der Waals surface area contributed by atoms with Gasteiger partial charge in [0.2, 0.25) is 0 Å². The lowest BCUT2D eigenvalue weighted by Crippen LogP contribution is -1.91. The second-order valence-electron chi connectivity index (χ2n) is 5.75. The van der Waals surface area contributed by atoms with Gasteiger partial charge < -0.3 is 0 Å².